The molecule has 1 amide bonds. The third-order valence-corrected chi connectivity index (χ3v) is 7.48. The molecule has 2 aromatic rings. The van der Waals surface area contributed by atoms with Gasteiger partial charge in [-0.25, -0.2) is 8.42 Å². The van der Waals surface area contributed by atoms with Crippen molar-refractivity contribution in [1.82, 2.24) is 4.31 Å². The van der Waals surface area contributed by atoms with Gasteiger partial charge in [-0.15, -0.1) is 0 Å². The van der Waals surface area contributed by atoms with E-state index in [0.717, 1.165) is 16.4 Å². The summed E-state index contributed by atoms with van der Waals surface area (Å²) >= 11 is 12.0. The zero-order chi connectivity index (χ0) is 23.0. The van der Waals surface area contributed by atoms with Crippen LogP contribution in [-0.4, -0.2) is 38.3 Å². The number of hydrogen-bond acceptors (Lipinski definition) is 4. The molecule has 6 nitrogen and oxygen atoms in total. The van der Waals surface area contributed by atoms with E-state index in [1.54, 1.807) is 6.07 Å². The molecule has 0 radical (unpaired) electrons. The molecular weight excluding hydrogens is 480 g/mol. The van der Waals surface area contributed by atoms with Gasteiger partial charge in [-0.2, -0.15) is 17.5 Å². The van der Waals surface area contributed by atoms with E-state index in [9.17, 15) is 26.4 Å². The number of alkyl halides is 3. The number of carbonyl (C=O) groups excluding carboxylic acids is 1. The largest absolute Gasteiger partial charge is 0.416 e. The molecule has 0 unspecified atom stereocenters. The second-order valence-corrected chi connectivity index (χ2v) is 9.61. The average molecular weight is 497 g/mol. The molecule has 1 saturated heterocycles. The minimum Gasteiger partial charge on any atom is -0.371 e. The summed E-state index contributed by atoms with van der Waals surface area (Å²) in [5.74, 6) is -1.87. The lowest BCUT2D eigenvalue weighted by Crippen LogP contribution is -2.40. The van der Waals surface area contributed by atoms with Crippen molar-refractivity contribution in [3.05, 3.63) is 63.6 Å². The van der Waals surface area contributed by atoms with Crippen LogP contribution in [0.25, 0.3) is 0 Å². The van der Waals surface area contributed by atoms with E-state index in [1.807, 2.05) is 0 Å². The van der Waals surface area contributed by atoms with Crippen LogP contribution in [-0.2, 0) is 25.7 Å². The number of halogens is 5. The first-order valence-corrected chi connectivity index (χ1v) is 11.1. The quantitative estimate of drug-likeness (QED) is 0.695. The summed E-state index contributed by atoms with van der Waals surface area (Å²) in [6, 6.07) is 7.73. The molecule has 0 saturated carbocycles. The number of nitrogens with two attached hydrogens (primary N) is 1. The van der Waals surface area contributed by atoms with Crippen molar-refractivity contribution < 1.29 is 31.1 Å². The second kappa shape index (κ2) is 8.95. The van der Waals surface area contributed by atoms with Crippen molar-refractivity contribution in [2.45, 2.75) is 17.2 Å². The van der Waals surface area contributed by atoms with Gasteiger partial charge in [0, 0.05) is 13.1 Å². The molecular formula is C19H17Cl2F3N2O4S. The predicted octanol–water partition coefficient (Wildman–Crippen LogP) is 3.88. The Hall–Kier alpha value is -1.85. The lowest BCUT2D eigenvalue weighted by atomic mass is 9.95. The number of hydrogen-bond donors (Lipinski definition) is 1. The Kier molecular flexibility index (Phi) is 6.87. The van der Waals surface area contributed by atoms with Gasteiger partial charge in [-0.1, -0.05) is 29.3 Å². The summed E-state index contributed by atoms with van der Waals surface area (Å²) in [4.78, 5) is 11.8. The molecule has 12 heteroatoms. The summed E-state index contributed by atoms with van der Waals surface area (Å²) < 4.78 is 71.0. The van der Waals surface area contributed by atoms with Gasteiger partial charge < -0.3 is 10.5 Å². The Bertz CT molecular complexity index is 1080. The molecule has 3 rings (SSSR count). The maximum Gasteiger partial charge on any atom is 0.416 e. The Morgan fingerprint density at radius 1 is 1.10 bits per heavy atom. The molecule has 31 heavy (non-hydrogen) atoms. The van der Waals surface area contributed by atoms with E-state index in [1.165, 1.54) is 12.1 Å². The molecule has 0 aliphatic carbocycles. The molecule has 0 aromatic heterocycles. The van der Waals surface area contributed by atoms with Gasteiger partial charge in [0.15, 0.2) is 0 Å². The number of benzene rings is 2. The van der Waals surface area contributed by atoms with Gasteiger partial charge in [-0.3, -0.25) is 4.79 Å². The molecule has 0 bridgehead atoms. The predicted molar refractivity (Wildman–Crippen MR) is 108 cm³/mol. The zero-order valence-electron chi connectivity index (χ0n) is 15.8. The Balaban J connectivity index is 1.91. The van der Waals surface area contributed by atoms with Crippen LogP contribution in [0, 0.1) is 5.92 Å². The fourth-order valence-electron chi connectivity index (χ4n) is 3.24. The van der Waals surface area contributed by atoms with Gasteiger partial charge >= 0.3 is 6.18 Å². The van der Waals surface area contributed by atoms with Gasteiger partial charge in [0.25, 0.3) is 0 Å². The number of nitrogens with zero attached hydrogens (tertiary/aromatic N) is 1. The van der Waals surface area contributed by atoms with Gasteiger partial charge in [-0.05, 0) is 42.0 Å². The van der Waals surface area contributed by atoms with Crippen LogP contribution in [0.2, 0.25) is 10.0 Å². The van der Waals surface area contributed by atoms with Crippen LogP contribution < -0.4 is 5.73 Å². The maximum absolute atomic E-state index is 13.0. The molecule has 168 valence electrons. The topological polar surface area (TPSA) is 89.7 Å². The van der Waals surface area contributed by atoms with Crippen LogP contribution in [0.4, 0.5) is 13.2 Å². The summed E-state index contributed by atoms with van der Waals surface area (Å²) in [7, 11) is -4.20. The molecule has 2 N–H and O–H groups in total. The van der Waals surface area contributed by atoms with E-state index >= 15 is 0 Å². The summed E-state index contributed by atoms with van der Waals surface area (Å²) in [6.07, 6.45) is -5.47. The van der Waals surface area contributed by atoms with Crippen LogP contribution in [0.1, 0.15) is 17.2 Å². The third-order valence-electron chi connectivity index (χ3n) is 4.86. The number of amides is 1. The van der Waals surface area contributed by atoms with E-state index in [4.69, 9.17) is 33.7 Å². The van der Waals surface area contributed by atoms with Gasteiger partial charge in [0.1, 0.15) is 0 Å². The first-order valence-electron chi connectivity index (χ1n) is 8.94. The van der Waals surface area contributed by atoms with Crippen molar-refractivity contribution in [3.63, 3.8) is 0 Å². The summed E-state index contributed by atoms with van der Waals surface area (Å²) in [6.45, 7) is -0.511. The highest BCUT2D eigenvalue weighted by atomic mass is 35.5. The lowest BCUT2D eigenvalue weighted by Gasteiger charge is -2.25. The normalized spacial score (nSPS) is 20.9. The Morgan fingerprint density at radius 3 is 2.29 bits per heavy atom. The average Bonchev–Trinajstić information content (AvgIpc) is 2.93. The van der Waals surface area contributed by atoms with Crippen LogP contribution in [0.15, 0.2) is 47.4 Å². The standard InChI is InChI=1S/C19H17Cl2F3N2O4S/c20-15-6-1-11(9-16(15)21)17-14(18(25)27)10-26(7-8-30-17)31(28,29)13-4-2-12(3-5-13)19(22,23)24/h1-6,9,14,17H,7-8,10H2,(H2,25,27)/t14-,17+/m1/s1. The second-order valence-electron chi connectivity index (χ2n) is 6.86. The first kappa shape index (κ1) is 23.8. The first-order chi connectivity index (χ1) is 14.4. The molecule has 1 heterocycles. The molecule has 1 aliphatic heterocycles. The molecule has 2 aromatic carbocycles. The van der Waals surface area contributed by atoms with Crippen LogP contribution in [0.3, 0.4) is 0 Å². The lowest BCUT2D eigenvalue weighted by molar-refractivity contribution is -0.137. The van der Waals surface area contributed by atoms with Crippen molar-refractivity contribution in [1.29, 1.82) is 0 Å². The molecule has 0 spiro atoms. The van der Waals surface area contributed by atoms with Crippen LogP contribution >= 0.6 is 23.2 Å². The number of carbonyl (C=O) groups is 1. The number of rotatable bonds is 4. The molecule has 1 fully saturated rings. The highest BCUT2D eigenvalue weighted by molar-refractivity contribution is 7.89. The molecule has 1 aliphatic rings. The van der Waals surface area contributed by atoms with Crippen molar-refractivity contribution in [2.24, 2.45) is 11.7 Å². The summed E-state index contributed by atoms with van der Waals surface area (Å²) in [5, 5.41) is 0.519. The van der Waals surface area contributed by atoms with Crippen molar-refractivity contribution >= 4 is 39.1 Å². The summed E-state index contributed by atoms with van der Waals surface area (Å²) in [5.41, 5.74) is 5.04. The van der Waals surface area contributed by atoms with E-state index in [2.05, 4.69) is 0 Å². The minimum absolute atomic E-state index is 0.0748. The Labute approximate surface area is 186 Å². The monoisotopic (exact) mass is 496 g/mol. The fraction of sp³-hybridized carbons (Fsp3) is 0.316. The van der Waals surface area contributed by atoms with E-state index < -0.39 is 39.7 Å². The van der Waals surface area contributed by atoms with Crippen molar-refractivity contribution in [2.75, 3.05) is 19.7 Å². The SMILES string of the molecule is NC(=O)[C@@H]1CN(S(=O)(=O)c2ccc(C(F)(F)F)cc2)CCO[C@H]1c1ccc(Cl)c(Cl)c1. The number of ether oxygens (including phenoxy) is 1. The molecule has 2 atom stereocenters. The van der Waals surface area contributed by atoms with E-state index in [-0.39, 0.29) is 29.6 Å². The highest BCUT2D eigenvalue weighted by Gasteiger charge is 2.38. The van der Waals surface area contributed by atoms with Gasteiger partial charge in [0.05, 0.1) is 39.1 Å². The van der Waals surface area contributed by atoms with Crippen LogP contribution in [0.5, 0.6) is 0 Å². The van der Waals surface area contributed by atoms with Crippen molar-refractivity contribution in [3.8, 4) is 0 Å². The number of primary amides is 1. The van der Waals surface area contributed by atoms with E-state index in [0.29, 0.717) is 22.7 Å². The third kappa shape index (κ3) is 5.15. The minimum atomic E-state index is -4.59. The smallest absolute Gasteiger partial charge is 0.371 e. The fourth-order valence-corrected chi connectivity index (χ4v) is 5.00. The number of sulfonamides is 1. The zero-order valence-corrected chi connectivity index (χ0v) is 18.1. The highest BCUT2D eigenvalue weighted by Crippen LogP contribution is 2.35. The maximum atomic E-state index is 13.0. The van der Waals surface area contributed by atoms with Gasteiger partial charge in [0.2, 0.25) is 15.9 Å². The Morgan fingerprint density at radius 2 is 1.74 bits per heavy atom.